The van der Waals surface area contributed by atoms with Gasteiger partial charge in [-0.15, -0.1) is 0 Å². The number of hydrogen-bond donors (Lipinski definition) is 1. The molecular weight excluding hydrogens is 593 g/mol. The molecular formula is C29H32Cl3N3O4S. The number of likely N-dealkylation sites (N-methyl/N-ethyl adjacent to an activating group) is 1. The van der Waals surface area contributed by atoms with E-state index in [-0.39, 0.29) is 29.8 Å². The number of nitrogens with zero attached hydrogens (tertiary/aromatic N) is 2. The molecule has 7 nitrogen and oxygen atoms in total. The second-order valence-corrected chi connectivity index (χ2v) is 12.8. The van der Waals surface area contributed by atoms with Gasteiger partial charge in [0.25, 0.3) is 0 Å². The fraction of sp³-hybridized carbons (Fsp3) is 0.310. The van der Waals surface area contributed by atoms with Gasteiger partial charge >= 0.3 is 0 Å². The van der Waals surface area contributed by atoms with E-state index < -0.39 is 28.5 Å². The lowest BCUT2D eigenvalue weighted by Crippen LogP contribution is -2.54. The summed E-state index contributed by atoms with van der Waals surface area (Å²) in [6, 6.07) is 18.8. The number of nitrogens with one attached hydrogen (secondary N) is 1. The SMILES string of the molecule is CC[C@@H](C)NC(=O)[C@@H](Cc1ccccc1)N(Cc1ccc(Cl)cc1Cl)C(=O)CN(C)S(=O)(=O)c1ccc(Cl)cc1. The maximum Gasteiger partial charge on any atom is 0.243 e. The largest absolute Gasteiger partial charge is 0.352 e. The van der Waals surface area contributed by atoms with Gasteiger partial charge in [-0.05, 0) is 60.9 Å². The lowest BCUT2D eigenvalue weighted by atomic mass is 10.0. The molecule has 0 aliphatic carbocycles. The number of halogens is 3. The molecule has 3 aromatic rings. The van der Waals surface area contributed by atoms with Crippen LogP contribution in [0, 0.1) is 0 Å². The number of benzene rings is 3. The highest BCUT2D eigenvalue weighted by atomic mass is 35.5. The van der Waals surface area contributed by atoms with Gasteiger partial charge in [-0.3, -0.25) is 9.59 Å². The third-order valence-corrected chi connectivity index (χ3v) is 9.16. The average molecular weight is 625 g/mol. The molecule has 3 rings (SSSR count). The van der Waals surface area contributed by atoms with Gasteiger partial charge in [0.2, 0.25) is 21.8 Å². The van der Waals surface area contributed by atoms with E-state index in [0.29, 0.717) is 27.1 Å². The highest BCUT2D eigenvalue weighted by Crippen LogP contribution is 2.25. The first-order chi connectivity index (χ1) is 18.9. The van der Waals surface area contributed by atoms with Crippen LogP contribution in [0.25, 0.3) is 0 Å². The fourth-order valence-electron chi connectivity index (χ4n) is 3.98. The zero-order chi connectivity index (χ0) is 29.4. The molecule has 0 aliphatic rings. The van der Waals surface area contributed by atoms with Crippen molar-refractivity contribution in [2.45, 2.75) is 50.2 Å². The first-order valence-corrected chi connectivity index (χ1v) is 15.3. The molecule has 0 heterocycles. The Balaban J connectivity index is 2.01. The number of sulfonamides is 1. The summed E-state index contributed by atoms with van der Waals surface area (Å²) in [6.07, 6.45) is 0.913. The van der Waals surface area contributed by atoms with Gasteiger partial charge in [0.05, 0.1) is 11.4 Å². The molecule has 2 amide bonds. The summed E-state index contributed by atoms with van der Waals surface area (Å²) in [5.74, 6) is -0.911. The summed E-state index contributed by atoms with van der Waals surface area (Å²) in [6.45, 7) is 3.30. The predicted molar refractivity (Wildman–Crippen MR) is 160 cm³/mol. The summed E-state index contributed by atoms with van der Waals surface area (Å²) < 4.78 is 27.4. The smallest absolute Gasteiger partial charge is 0.243 e. The van der Waals surface area contributed by atoms with E-state index in [1.165, 1.54) is 36.2 Å². The van der Waals surface area contributed by atoms with E-state index in [4.69, 9.17) is 34.8 Å². The topological polar surface area (TPSA) is 86.8 Å². The standard InChI is InChI=1S/C29H32Cl3N3O4S/c1-4-20(2)33-29(37)27(16-21-8-6-5-7-9-21)35(18-22-10-11-24(31)17-26(22)32)28(36)19-34(3)40(38,39)25-14-12-23(30)13-15-25/h5-15,17,20,27H,4,16,18-19H2,1-3H3,(H,33,37)/t20-,27-/m1/s1. The second kappa shape index (κ2) is 14.3. The number of carbonyl (C=O) groups excluding carboxylic acids is 2. The van der Waals surface area contributed by atoms with Gasteiger partial charge in [-0.25, -0.2) is 8.42 Å². The summed E-state index contributed by atoms with van der Waals surface area (Å²) >= 11 is 18.5. The van der Waals surface area contributed by atoms with Crippen molar-refractivity contribution in [3.8, 4) is 0 Å². The van der Waals surface area contributed by atoms with E-state index in [9.17, 15) is 18.0 Å². The lowest BCUT2D eigenvalue weighted by Gasteiger charge is -2.33. The van der Waals surface area contributed by atoms with Crippen LogP contribution in [0.4, 0.5) is 0 Å². The van der Waals surface area contributed by atoms with Crippen LogP contribution < -0.4 is 5.32 Å². The maximum atomic E-state index is 13.9. The van der Waals surface area contributed by atoms with Gasteiger partial charge < -0.3 is 10.2 Å². The molecule has 0 aromatic heterocycles. The number of hydrogen-bond acceptors (Lipinski definition) is 4. The molecule has 0 saturated heterocycles. The van der Waals surface area contributed by atoms with E-state index in [1.54, 1.807) is 18.2 Å². The Labute approximate surface area is 251 Å². The van der Waals surface area contributed by atoms with Gasteiger partial charge in [-0.1, -0.05) is 78.1 Å². The molecule has 2 atom stereocenters. The van der Waals surface area contributed by atoms with Crippen LogP contribution in [0.5, 0.6) is 0 Å². The van der Waals surface area contributed by atoms with Crippen molar-refractivity contribution in [1.29, 1.82) is 0 Å². The minimum atomic E-state index is -4.02. The third-order valence-electron chi connectivity index (χ3n) is 6.51. The molecule has 40 heavy (non-hydrogen) atoms. The van der Waals surface area contributed by atoms with Crippen LogP contribution in [0.15, 0.2) is 77.7 Å². The molecule has 0 bridgehead atoms. The Morgan fingerprint density at radius 3 is 2.15 bits per heavy atom. The Hall–Kier alpha value is -2.62. The Kier molecular flexibility index (Phi) is 11.4. The van der Waals surface area contributed by atoms with Crippen LogP contribution >= 0.6 is 34.8 Å². The van der Waals surface area contributed by atoms with Crippen molar-refractivity contribution in [3.05, 3.63) is 99.0 Å². The lowest BCUT2D eigenvalue weighted by molar-refractivity contribution is -0.141. The van der Waals surface area contributed by atoms with Gasteiger partial charge in [0.15, 0.2) is 0 Å². The van der Waals surface area contributed by atoms with E-state index in [0.717, 1.165) is 9.87 Å². The van der Waals surface area contributed by atoms with Crippen molar-refractivity contribution >= 4 is 56.6 Å². The minimum Gasteiger partial charge on any atom is -0.352 e. The molecule has 214 valence electrons. The van der Waals surface area contributed by atoms with Crippen LogP contribution in [0.2, 0.25) is 15.1 Å². The number of amides is 2. The highest BCUT2D eigenvalue weighted by molar-refractivity contribution is 7.89. The van der Waals surface area contributed by atoms with Crippen LogP contribution in [-0.2, 0) is 32.6 Å². The zero-order valence-corrected chi connectivity index (χ0v) is 25.6. The van der Waals surface area contributed by atoms with Gasteiger partial charge in [0.1, 0.15) is 6.04 Å². The highest BCUT2D eigenvalue weighted by Gasteiger charge is 2.33. The number of carbonyl (C=O) groups is 2. The van der Waals surface area contributed by atoms with Gasteiger partial charge in [-0.2, -0.15) is 4.31 Å². The predicted octanol–water partition coefficient (Wildman–Crippen LogP) is 5.82. The van der Waals surface area contributed by atoms with Crippen molar-refractivity contribution in [1.82, 2.24) is 14.5 Å². The average Bonchev–Trinajstić information content (AvgIpc) is 2.92. The van der Waals surface area contributed by atoms with Crippen LogP contribution in [-0.4, -0.2) is 55.1 Å². The summed E-state index contributed by atoms with van der Waals surface area (Å²) in [4.78, 5) is 28.9. The summed E-state index contributed by atoms with van der Waals surface area (Å²) in [5.41, 5.74) is 1.41. The molecule has 0 aliphatic heterocycles. The van der Waals surface area contributed by atoms with Crippen molar-refractivity contribution in [2.75, 3.05) is 13.6 Å². The first-order valence-electron chi connectivity index (χ1n) is 12.7. The van der Waals surface area contributed by atoms with Crippen molar-refractivity contribution in [3.63, 3.8) is 0 Å². The van der Waals surface area contributed by atoms with E-state index >= 15 is 0 Å². The molecule has 0 spiro atoms. The molecule has 0 unspecified atom stereocenters. The monoisotopic (exact) mass is 623 g/mol. The van der Waals surface area contributed by atoms with Crippen molar-refractivity contribution < 1.29 is 18.0 Å². The molecule has 0 fully saturated rings. The third kappa shape index (κ3) is 8.44. The van der Waals surface area contributed by atoms with Crippen molar-refractivity contribution in [2.24, 2.45) is 0 Å². The Bertz CT molecular complexity index is 1420. The molecule has 11 heteroatoms. The quantitative estimate of drug-likeness (QED) is 0.275. The molecule has 0 radical (unpaired) electrons. The first kappa shape index (κ1) is 31.9. The van der Waals surface area contributed by atoms with E-state index in [2.05, 4.69) is 5.32 Å². The molecule has 1 N–H and O–H groups in total. The van der Waals surface area contributed by atoms with E-state index in [1.807, 2.05) is 44.2 Å². The Morgan fingerprint density at radius 2 is 1.55 bits per heavy atom. The minimum absolute atomic E-state index is 0.00477. The van der Waals surface area contributed by atoms with Crippen LogP contribution in [0.1, 0.15) is 31.4 Å². The Morgan fingerprint density at radius 1 is 0.925 bits per heavy atom. The summed E-state index contributed by atoms with van der Waals surface area (Å²) in [7, 11) is -2.70. The van der Waals surface area contributed by atoms with Crippen LogP contribution in [0.3, 0.4) is 0 Å². The normalized spacial score (nSPS) is 13.1. The number of rotatable bonds is 12. The summed E-state index contributed by atoms with van der Waals surface area (Å²) in [5, 5.41) is 4.12. The molecule has 3 aromatic carbocycles. The molecule has 0 saturated carbocycles. The zero-order valence-electron chi connectivity index (χ0n) is 22.5. The fourth-order valence-corrected chi connectivity index (χ4v) is 5.70. The van der Waals surface area contributed by atoms with Gasteiger partial charge in [0, 0.05) is 41.1 Å². The maximum absolute atomic E-state index is 13.9. The second-order valence-electron chi connectivity index (χ2n) is 9.50.